The molecule has 1 N–H and O–H groups in total. The molecule has 0 bridgehead atoms. The molecule has 238 valence electrons. The van der Waals surface area contributed by atoms with E-state index in [1.54, 1.807) is 6.07 Å². The molecule has 6 nitrogen and oxygen atoms in total. The maximum atomic E-state index is 14.7. The van der Waals surface area contributed by atoms with Crippen LogP contribution in [0.4, 0.5) is 4.39 Å². The molecule has 43 heavy (non-hydrogen) atoms. The van der Waals surface area contributed by atoms with Crippen LogP contribution in [0.5, 0.6) is 0 Å². The molecule has 3 aliphatic rings. The largest absolute Gasteiger partial charge is 0.459 e. The lowest BCUT2D eigenvalue weighted by atomic mass is 9.92. The average molecular weight is 597 g/mol. The molecule has 0 radical (unpaired) electrons. The molecule has 0 amide bonds. The number of esters is 1. The Balaban J connectivity index is 1.32. The van der Waals surface area contributed by atoms with Crippen molar-refractivity contribution in [1.82, 2.24) is 10.2 Å². The number of nitrogens with zero attached hydrogens (tertiary/aromatic N) is 1. The number of halogens is 1. The Morgan fingerprint density at radius 3 is 2.77 bits per heavy atom. The van der Waals surface area contributed by atoms with Crippen molar-refractivity contribution >= 4 is 5.97 Å². The van der Waals surface area contributed by atoms with Gasteiger partial charge in [-0.1, -0.05) is 30.4 Å². The van der Waals surface area contributed by atoms with E-state index in [9.17, 15) is 9.18 Å². The Labute approximate surface area is 258 Å². The molecule has 1 aromatic rings. The summed E-state index contributed by atoms with van der Waals surface area (Å²) in [6, 6.07) is 4.59. The lowest BCUT2D eigenvalue weighted by molar-refractivity contribution is -0.161. The number of carbonyl (C=O) groups excluding carboxylic acids is 1. The van der Waals surface area contributed by atoms with E-state index in [2.05, 4.69) is 42.8 Å². The maximum absolute atomic E-state index is 14.7. The quantitative estimate of drug-likeness (QED) is 0.151. The van der Waals surface area contributed by atoms with Gasteiger partial charge in [0, 0.05) is 38.0 Å². The second kappa shape index (κ2) is 15.5. The molecule has 3 aliphatic heterocycles. The average Bonchev–Trinajstić information content (AvgIpc) is 3.40. The van der Waals surface area contributed by atoms with Gasteiger partial charge in [-0.05, 0) is 121 Å². The van der Waals surface area contributed by atoms with E-state index in [-0.39, 0.29) is 24.0 Å². The van der Waals surface area contributed by atoms with Gasteiger partial charge in [0.2, 0.25) is 0 Å². The number of likely N-dealkylation sites (tertiary alicyclic amines) is 1. The van der Waals surface area contributed by atoms with Gasteiger partial charge in [-0.15, -0.1) is 0 Å². The number of carbonyl (C=O) groups is 1. The number of allylic oxidation sites excluding steroid dienone is 5. The lowest BCUT2D eigenvalue weighted by Crippen LogP contribution is -2.38. The van der Waals surface area contributed by atoms with Crippen molar-refractivity contribution in [2.24, 2.45) is 0 Å². The van der Waals surface area contributed by atoms with Gasteiger partial charge in [0.05, 0.1) is 12.2 Å². The first kappa shape index (κ1) is 33.4. The van der Waals surface area contributed by atoms with Gasteiger partial charge in [-0.3, -0.25) is 4.90 Å². The number of benzene rings is 1. The number of rotatable bonds is 12. The fraction of sp³-hybridized carbons (Fsp3) is 0.639. The molecule has 2 saturated heterocycles. The third-order valence-electron chi connectivity index (χ3n) is 8.60. The van der Waals surface area contributed by atoms with E-state index in [0.717, 1.165) is 68.9 Å². The van der Waals surface area contributed by atoms with E-state index in [0.29, 0.717) is 37.9 Å². The second-order valence-corrected chi connectivity index (χ2v) is 13.5. The highest BCUT2D eigenvalue weighted by Gasteiger charge is 2.39. The minimum atomic E-state index is -0.708. The van der Waals surface area contributed by atoms with Crippen LogP contribution in [0, 0.1) is 5.82 Å². The molecule has 2 fully saturated rings. The molecular formula is C36H53FN2O4. The Hall–Kier alpha value is -2.48. The predicted molar refractivity (Wildman–Crippen MR) is 170 cm³/mol. The minimum Gasteiger partial charge on any atom is -0.459 e. The summed E-state index contributed by atoms with van der Waals surface area (Å²) in [5.41, 5.74) is 4.66. The molecule has 4 rings (SSSR count). The molecule has 4 atom stereocenters. The summed E-state index contributed by atoms with van der Waals surface area (Å²) in [6.45, 7) is 16.8. The maximum Gasteiger partial charge on any atom is 0.328 e. The zero-order chi connectivity index (χ0) is 31.0. The van der Waals surface area contributed by atoms with Crippen molar-refractivity contribution < 1.29 is 23.4 Å². The van der Waals surface area contributed by atoms with Crippen LogP contribution in [0.2, 0.25) is 0 Å². The van der Waals surface area contributed by atoms with Crippen LogP contribution in [0.3, 0.4) is 0 Å². The number of ether oxygens (including phenoxy) is 3. The number of nitrogens with one attached hydrogen (secondary N) is 1. The van der Waals surface area contributed by atoms with Crippen molar-refractivity contribution in [3.8, 4) is 0 Å². The van der Waals surface area contributed by atoms with Crippen LogP contribution in [-0.4, -0.2) is 54.9 Å². The summed E-state index contributed by atoms with van der Waals surface area (Å²) in [5, 5.41) is 3.53. The summed E-state index contributed by atoms with van der Waals surface area (Å²) in [6.07, 6.45) is 13.2. The smallest absolute Gasteiger partial charge is 0.328 e. The molecule has 1 aromatic carbocycles. The van der Waals surface area contributed by atoms with Gasteiger partial charge < -0.3 is 19.5 Å². The fourth-order valence-corrected chi connectivity index (χ4v) is 6.32. The number of hydrogen-bond acceptors (Lipinski definition) is 6. The van der Waals surface area contributed by atoms with Crippen LogP contribution in [0.25, 0.3) is 0 Å². The molecular weight excluding hydrogens is 543 g/mol. The Morgan fingerprint density at radius 1 is 1.23 bits per heavy atom. The standard InChI is InChI=1S/C36H53FN2O4/c1-25(13-15-28-16-14-26(2)38-27(28)3)11-7-9-21-41-30-19-20-39(24-30)34(35(40)43-36(4,5)6)32-23-29(37)17-18-31(32)33-12-8-10-22-42-33/h13,15,17-18,23,26,30,33-34,38H,1,7-12,14,16,19-22,24H2,2-6H3/b15-13-. The molecule has 0 spiro atoms. The molecule has 0 aromatic heterocycles. The normalized spacial score (nSPS) is 24.3. The Bertz CT molecular complexity index is 1160. The summed E-state index contributed by atoms with van der Waals surface area (Å²) in [5.74, 6) is -0.713. The summed E-state index contributed by atoms with van der Waals surface area (Å²) >= 11 is 0. The Kier molecular flexibility index (Phi) is 12.0. The van der Waals surface area contributed by atoms with Crippen molar-refractivity contribution in [3.63, 3.8) is 0 Å². The lowest BCUT2D eigenvalue weighted by Gasteiger charge is -2.33. The van der Waals surface area contributed by atoms with Crippen molar-refractivity contribution in [3.05, 3.63) is 70.7 Å². The van der Waals surface area contributed by atoms with E-state index in [4.69, 9.17) is 14.2 Å². The van der Waals surface area contributed by atoms with Crippen LogP contribution >= 0.6 is 0 Å². The third kappa shape index (κ3) is 10.0. The zero-order valence-electron chi connectivity index (χ0n) is 27.1. The summed E-state index contributed by atoms with van der Waals surface area (Å²) < 4.78 is 32.9. The van der Waals surface area contributed by atoms with Gasteiger partial charge in [0.1, 0.15) is 17.5 Å². The first-order valence-corrected chi connectivity index (χ1v) is 16.3. The van der Waals surface area contributed by atoms with E-state index < -0.39 is 11.6 Å². The van der Waals surface area contributed by atoms with E-state index in [1.165, 1.54) is 23.4 Å². The third-order valence-corrected chi connectivity index (χ3v) is 8.60. The topological polar surface area (TPSA) is 60.0 Å². The predicted octanol–water partition coefficient (Wildman–Crippen LogP) is 7.87. The van der Waals surface area contributed by atoms with Gasteiger partial charge in [-0.25, -0.2) is 9.18 Å². The van der Waals surface area contributed by atoms with Crippen molar-refractivity contribution in [1.29, 1.82) is 0 Å². The highest BCUT2D eigenvalue weighted by atomic mass is 19.1. The number of hydrogen-bond donors (Lipinski definition) is 1. The van der Waals surface area contributed by atoms with E-state index in [1.807, 2.05) is 20.8 Å². The van der Waals surface area contributed by atoms with Crippen LogP contribution < -0.4 is 5.32 Å². The monoisotopic (exact) mass is 596 g/mol. The summed E-state index contributed by atoms with van der Waals surface area (Å²) in [7, 11) is 0. The van der Waals surface area contributed by atoms with Gasteiger partial charge in [0.25, 0.3) is 0 Å². The number of unbranched alkanes of at least 4 members (excludes halogenated alkanes) is 1. The first-order chi connectivity index (χ1) is 20.5. The second-order valence-electron chi connectivity index (χ2n) is 13.5. The van der Waals surface area contributed by atoms with Gasteiger partial charge in [-0.2, -0.15) is 0 Å². The van der Waals surface area contributed by atoms with Crippen molar-refractivity contribution in [2.45, 2.75) is 122 Å². The highest BCUT2D eigenvalue weighted by Crippen LogP contribution is 2.38. The molecule has 0 aliphatic carbocycles. The first-order valence-electron chi connectivity index (χ1n) is 16.3. The molecule has 4 unspecified atom stereocenters. The molecule has 3 heterocycles. The van der Waals surface area contributed by atoms with Crippen molar-refractivity contribution in [2.75, 3.05) is 26.3 Å². The fourth-order valence-electron chi connectivity index (χ4n) is 6.32. The zero-order valence-corrected chi connectivity index (χ0v) is 27.1. The molecule has 0 saturated carbocycles. The minimum absolute atomic E-state index is 0.0204. The highest BCUT2D eigenvalue weighted by molar-refractivity contribution is 5.79. The summed E-state index contributed by atoms with van der Waals surface area (Å²) in [4.78, 5) is 15.8. The van der Waals surface area contributed by atoms with E-state index >= 15 is 0 Å². The van der Waals surface area contributed by atoms with Gasteiger partial charge >= 0.3 is 5.97 Å². The molecule has 7 heteroatoms. The van der Waals surface area contributed by atoms with Crippen LogP contribution in [0.15, 0.2) is 53.8 Å². The van der Waals surface area contributed by atoms with Crippen LogP contribution in [0.1, 0.15) is 116 Å². The Morgan fingerprint density at radius 2 is 2.05 bits per heavy atom. The SMILES string of the molecule is C=C(/C=C\C1=C(C)NC(C)CC1)CCCCOC1CCN(C(C(=O)OC(C)(C)C)c2cc(F)ccc2C2CCCCO2)C1. The van der Waals surface area contributed by atoms with Gasteiger partial charge in [0.15, 0.2) is 0 Å². The van der Waals surface area contributed by atoms with Crippen LogP contribution in [-0.2, 0) is 19.0 Å².